The highest BCUT2D eigenvalue weighted by Gasteiger charge is 2.25. The van der Waals surface area contributed by atoms with Gasteiger partial charge >= 0.3 is 0 Å². The van der Waals surface area contributed by atoms with Crippen molar-refractivity contribution in [3.63, 3.8) is 0 Å². The van der Waals surface area contributed by atoms with Crippen molar-refractivity contribution in [2.45, 2.75) is 65.3 Å². The lowest BCUT2D eigenvalue weighted by Gasteiger charge is -2.21. The molecule has 1 aliphatic carbocycles. The summed E-state index contributed by atoms with van der Waals surface area (Å²) in [7, 11) is 1.71. The molecule has 0 spiro atoms. The van der Waals surface area contributed by atoms with Crippen molar-refractivity contribution in [2.75, 3.05) is 12.4 Å². The van der Waals surface area contributed by atoms with Crippen LogP contribution in [0.1, 0.15) is 54.3 Å². The number of hydrogen-bond acceptors (Lipinski definition) is 4. The molecule has 1 unspecified atom stereocenters. The number of nitrogens with zero attached hydrogens (tertiary/aromatic N) is 3. The fraction of sp³-hybridized carbons (Fsp3) is 0.379. The second-order valence-electron chi connectivity index (χ2n) is 9.39. The van der Waals surface area contributed by atoms with Crippen molar-refractivity contribution < 1.29 is 4.74 Å². The molecule has 5 nitrogen and oxygen atoms in total. The van der Waals surface area contributed by atoms with Crippen LogP contribution in [0.15, 0.2) is 48.5 Å². The standard InChI is InChI=1S/C29H34N4O.ClH/c1-5-22(15-14-21-10-7-6-8-11-21)30-28-25-12-9-13-26(25)31-29-27(20(3)32-33(28)29)24-17-16-23(34-4)18-19(24)2;/h6-8,10-11,16-18,22,30H,5,9,12-15H2,1-4H3;1H. The molecule has 2 aromatic carbocycles. The van der Waals surface area contributed by atoms with E-state index in [0.717, 1.165) is 67.0 Å². The van der Waals surface area contributed by atoms with Gasteiger partial charge in [-0.2, -0.15) is 9.61 Å². The topological polar surface area (TPSA) is 51.5 Å². The van der Waals surface area contributed by atoms with Crippen LogP contribution >= 0.6 is 12.4 Å². The van der Waals surface area contributed by atoms with Crippen LogP contribution in [0.2, 0.25) is 0 Å². The molecular weight excluding hydrogens is 456 g/mol. The van der Waals surface area contributed by atoms with Crippen molar-refractivity contribution in [2.24, 2.45) is 0 Å². The number of methoxy groups -OCH3 is 1. The minimum atomic E-state index is 0. The molecule has 0 radical (unpaired) electrons. The van der Waals surface area contributed by atoms with E-state index in [2.05, 4.69) is 73.1 Å². The highest BCUT2D eigenvalue weighted by molar-refractivity contribution is 5.85. The summed E-state index contributed by atoms with van der Waals surface area (Å²) in [6.45, 7) is 6.49. The molecule has 35 heavy (non-hydrogen) atoms. The van der Waals surface area contributed by atoms with Crippen LogP contribution in [-0.4, -0.2) is 27.7 Å². The molecule has 0 aliphatic heterocycles. The van der Waals surface area contributed by atoms with Crippen molar-refractivity contribution in [1.29, 1.82) is 0 Å². The molecule has 2 heterocycles. The Balaban J connectivity index is 0.00000289. The average Bonchev–Trinajstić information content (AvgIpc) is 3.45. The van der Waals surface area contributed by atoms with Crippen LogP contribution in [-0.2, 0) is 19.3 Å². The Morgan fingerprint density at radius 1 is 1.09 bits per heavy atom. The Labute approximate surface area is 214 Å². The van der Waals surface area contributed by atoms with Gasteiger partial charge in [0.2, 0.25) is 0 Å². The lowest BCUT2D eigenvalue weighted by molar-refractivity contribution is 0.414. The Bertz CT molecular complexity index is 1320. The van der Waals surface area contributed by atoms with Gasteiger partial charge in [0.15, 0.2) is 5.65 Å². The zero-order valence-corrected chi connectivity index (χ0v) is 21.9. The minimum Gasteiger partial charge on any atom is -0.497 e. The number of aromatic nitrogens is 3. The highest BCUT2D eigenvalue weighted by Crippen LogP contribution is 2.36. The van der Waals surface area contributed by atoms with Crippen LogP contribution in [0.3, 0.4) is 0 Å². The Morgan fingerprint density at radius 2 is 1.89 bits per heavy atom. The first kappa shape index (κ1) is 25.1. The quantitative estimate of drug-likeness (QED) is 0.296. The van der Waals surface area contributed by atoms with Gasteiger partial charge in [0, 0.05) is 22.9 Å². The third kappa shape index (κ3) is 4.87. The Hall–Kier alpha value is -3.05. The first-order chi connectivity index (χ1) is 16.6. The smallest absolute Gasteiger partial charge is 0.165 e. The minimum absolute atomic E-state index is 0. The number of nitrogens with one attached hydrogen (secondary N) is 1. The predicted molar refractivity (Wildman–Crippen MR) is 146 cm³/mol. The van der Waals surface area contributed by atoms with Gasteiger partial charge in [0.1, 0.15) is 11.6 Å². The van der Waals surface area contributed by atoms with Crippen LogP contribution in [0, 0.1) is 13.8 Å². The third-order valence-electron chi connectivity index (χ3n) is 7.12. The Morgan fingerprint density at radius 3 is 2.60 bits per heavy atom. The number of rotatable bonds is 8. The van der Waals surface area contributed by atoms with E-state index >= 15 is 0 Å². The molecule has 0 fully saturated rings. The fourth-order valence-electron chi connectivity index (χ4n) is 5.20. The molecule has 1 N–H and O–H groups in total. The number of benzene rings is 2. The Kier molecular flexibility index (Phi) is 7.66. The van der Waals surface area contributed by atoms with Crippen molar-refractivity contribution in [1.82, 2.24) is 14.6 Å². The van der Waals surface area contributed by atoms with Gasteiger partial charge in [-0.15, -0.1) is 12.4 Å². The zero-order valence-electron chi connectivity index (χ0n) is 21.1. The third-order valence-corrected chi connectivity index (χ3v) is 7.12. The molecule has 1 atom stereocenters. The average molecular weight is 491 g/mol. The van der Waals surface area contributed by atoms with Gasteiger partial charge in [-0.05, 0) is 81.2 Å². The summed E-state index contributed by atoms with van der Waals surface area (Å²) in [5.41, 5.74) is 9.36. The van der Waals surface area contributed by atoms with Crippen LogP contribution in [0.25, 0.3) is 16.8 Å². The molecule has 4 aromatic rings. The van der Waals surface area contributed by atoms with Crippen LogP contribution in [0.4, 0.5) is 5.82 Å². The fourth-order valence-corrected chi connectivity index (χ4v) is 5.20. The van der Waals surface area contributed by atoms with E-state index in [9.17, 15) is 0 Å². The van der Waals surface area contributed by atoms with Crippen LogP contribution in [0.5, 0.6) is 5.75 Å². The van der Waals surface area contributed by atoms with E-state index in [-0.39, 0.29) is 12.4 Å². The highest BCUT2D eigenvalue weighted by atomic mass is 35.5. The first-order valence-corrected chi connectivity index (χ1v) is 12.5. The lowest BCUT2D eigenvalue weighted by atomic mass is 10.0. The normalized spacial score (nSPS) is 13.4. The van der Waals surface area contributed by atoms with E-state index in [1.165, 1.54) is 27.9 Å². The monoisotopic (exact) mass is 490 g/mol. The summed E-state index contributed by atoms with van der Waals surface area (Å²) in [6.07, 6.45) is 6.47. The number of halogens is 1. The zero-order chi connectivity index (χ0) is 23.7. The van der Waals surface area contributed by atoms with Gasteiger partial charge in [-0.25, -0.2) is 4.98 Å². The molecule has 1 aliphatic rings. The van der Waals surface area contributed by atoms with E-state index in [4.69, 9.17) is 14.8 Å². The molecule has 0 saturated heterocycles. The maximum Gasteiger partial charge on any atom is 0.165 e. The molecule has 0 bridgehead atoms. The van der Waals surface area contributed by atoms with E-state index in [1.54, 1.807) is 7.11 Å². The summed E-state index contributed by atoms with van der Waals surface area (Å²) in [5, 5.41) is 8.92. The molecular formula is C29H35ClN4O. The number of aryl methyl sites for hydroxylation is 4. The first-order valence-electron chi connectivity index (χ1n) is 12.5. The van der Waals surface area contributed by atoms with Gasteiger partial charge < -0.3 is 10.1 Å². The summed E-state index contributed by atoms with van der Waals surface area (Å²) >= 11 is 0. The molecule has 5 rings (SSSR count). The number of fused-ring (bicyclic) bond motifs is 2. The molecule has 2 aromatic heterocycles. The summed E-state index contributed by atoms with van der Waals surface area (Å²) in [4.78, 5) is 5.15. The molecule has 184 valence electrons. The lowest BCUT2D eigenvalue weighted by Crippen LogP contribution is -2.23. The van der Waals surface area contributed by atoms with Gasteiger partial charge in [-0.1, -0.05) is 43.3 Å². The summed E-state index contributed by atoms with van der Waals surface area (Å²) in [5.74, 6) is 2.01. The van der Waals surface area contributed by atoms with E-state index in [0.29, 0.717) is 6.04 Å². The molecule has 6 heteroatoms. The second kappa shape index (κ2) is 10.7. The molecule has 0 saturated carbocycles. The SMILES string of the molecule is CCC(CCc1ccccc1)Nc1c2c(nc3c(-c4ccc(OC)cc4C)c(C)nn13)CCC2.Cl. The van der Waals surface area contributed by atoms with E-state index in [1.807, 2.05) is 6.07 Å². The van der Waals surface area contributed by atoms with Gasteiger partial charge in [0.05, 0.1) is 12.8 Å². The van der Waals surface area contributed by atoms with E-state index < -0.39 is 0 Å². The van der Waals surface area contributed by atoms with Gasteiger partial charge in [-0.3, -0.25) is 0 Å². The second-order valence-corrected chi connectivity index (χ2v) is 9.39. The van der Waals surface area contributed by atoms with Crippen molar-refractivity contribution in [3.05, 3.63) is 76.6 Å². The predicted octanol–water partition coefficient (Wildman–Crippen LogP) is 6.76. The maximum atomic E-state index is 5.43. The number of hydrogen-bond donors (Lipinski definition) is 1. The molecule has 0 amide bonds. The maximum absolute atomic E-state index is 5.43. The number of anilines is 1. The van der Waals surface area contributed by atoms with Crippen molar-refractivity contribution >= 4 is 23.9 Å². The summed E-state index contributed by atoms with van der Waals surface area (Å²) < 4.78 is 7.50. The van der Waals surface area contributed by atoms with Gasteiger partial charge in [0.25, 0.3) is 0 Å². The summed E-state index contributed by atoms with van der Waals surface area (Å²) in [6, 6.07) is 17.4. The largest absolute Gasteiger partial charge is 0.497 e. The van der Waals surface area contributed by atoms with Crippen LogP contribution < -0.4 is 10.1 Å². The number of ether oxygens (including phenoxy) is 1. The van der Waals surface area contributed by atoms with Crippen molar-refractivity contribution in [3.8, 4) is 16.9 Å².